The van der Waals surface area contributed by atoms with E-state index in [0.29, 0.717) is 24.7 Å². The molecule has 13 radical (unpaired) electrons. The van der Waals surface area contributed by atoms with E-state index < -0.39 is 61.7 Å². The second-order valence-corrected chi connectivity index (χ2v) is 16.2. The van der Waals surface area contributed by atoms with Gasteiger partial charge in [0.15, 0.2) is 23.9 Å². The summed E-state index contributed by atoms with van der Waals surface area (Å²) in [6.07, 6.45) is 18.2. The average Bonchev–Trinajstić information content (AvgIpc) is 4.06. The Balaban J connectivity index is 0. The van der Waals surface area contributed by atoms with Crippen LogP contribution in [0.15, 0.2) is 0 Å². The Morgan fingerprint density at radius 1 is 0.788 bits per heavy atom. The number of amides is 3. The molecule has 0 bridgehead atoms. The highest BCUT2D eigenvalue weighted by molar-refractivity contribution is 8.05. The standard InChI is InChI=1S/C12H19B12N2O4.C10H16O4.C6H12.C4H4O4.C3H8N2O.C2H2/c13-19-23(18)20(24(21(14)15)22(16)17)12(29)26-8-25-11(28)7-30-6-10(27)5-9-3-1-2-4-9;11-9(6-14-7-10(12)13)5-8-3-1-2-4-8;1-6-4-2-3-5-6;5-3-1-7-2-4(6)8-3;1-3(6)5-2-4;1-2/h9H,1-8H2,(H,25,28)(H,26,29);8H,1-7H2,(H,12,13);6H,2-5H2,1H3;1-2H2;2,4H2,1H3,(H,5,6);1-2H/i;;;;;1D. The molecule has 29 heteroatoms. The molecule has 6 N–H and O–H groups in total. The van der Waals surface area contributed by atoms with Crippen molar-refractivity contribution in [3.05, 3.63) is 0 Å². The van der Waals surface area contributed by atoms with Crippen molar-refractivity contribution in [2.24, 2.45) is 23.5 Å². The minimum Gasteiger partial charge on any atom is -0.480 e. The van der Waals surface area contributed by atoms with Crippen LogP contribution in [0.1, 0.15) is 105 Å². The number of hydrogen-bond donors (Lipinski definition) is 5. The zero-order valence-corrected chi connectivity index (χ0v) is 38.7. The van der Waals surface area contributed by atoms with Crippen LogP contribution in [0, 0.1) is 30.6 Å². The monoisotopic (exact) mass is 903 g/mol. The molecule has 1 heterocycles. The number of rotatable bonds is 21. The number of cyclic esters (lactones) is 2. The Labute approximate surface area is 404 Å². The fourth-order valence-electron chi connectivity index (χ4n) is 7.24. The quantitative estimate of drug-likeness (QED) is 0.0268. The van der Waals surface area contributed by atoms with Gasteiger partial charge < -0.3 is 45.7 Å². The summed E-state index contributed by atoms with van der Waals surface area (Å²) in [6, 6.07) is 0. The number of hydrogen-bond acceptors (Lipinski definition) is 13. The molecule has 4 aliphatic rings. The van der Waals surface area contributed by atoms with Gasteiger partial charge >= 0.3 is 17.9 Å². The van der Waals surface area contributed by atoms with Crippen LogP contribution in [-0.2, 0) is 52.5 Å². The number of terminal acetylenes is 1. The Bertz CT molecular complexity index is 1490. The molecule has 0 atom stereocenters. The van der Waals surface area contributed by atoms with Crippen molar-refractivity contribution in [1.82, 2.24) is 16.0 Å². The van der Waals surface area contributed by atoms with E-state index in [1.54, 1.807) is 0 Å². The summed E-state index contributed by atoms with van der Waals surface area (Å²) in [5, 5.41) is 15.6. The first-order chi connectivity index (χ1) is 31.7. The maximum Gasteiger partial charge on any atom is 0.339 e. The van der Waals surface area contributed by atoms with Crippen LogP contribution in [-0.4, -0.2) is 191 Å². The summed E-state index contributed by atoms with van der Waals surface area (Å²) in [6.45, 7) is 1.76. The predicted octanol–water partition coefficient (Wildman–Crippen LogP) is -2.28. The fourth-order valence-corrected chi connectivity index (χ4v) is 7.24. The van der Waals surface area contributed by atoms with Crippen molar-refractivity contribution in [2.75, 3.05) is 53.0 Å². The van der Waals surface area contributed by atoms with Gasteiger partial charge in [-0.25, -0.2) is 14.4 Å². The first kappa shape index (κ1) is 62.5. The maximum atomic E-state index is 12.5. The van der Waals surface area contributed by atoms with Gasteiger partial charge in [0.25, 0.3) is 0 Å². The molecule has 0 spiro atoms. The number of aliphatic carboxylic acids is 1. The van der Waals surface area contributed by atoms with E-state index in [2.05, 4.69) is 38.8 Å². The lowest BCUT2D eigenvalue weighted by Crippen LogP contribution is -2.72. The molecule has 3 aliphatic carbocycles. The van der Waals surface area contributed by atoms with E-state index in [-0.39, 0.29) is 70.5 Å². The number of Topliss-reactive ketones (excluding diaryl/α,β-unsaturated/α-hetero) is 2. The SMILES string of the molecule is CC(=O)NCN.CC1CCCC1.O=C(O)COCC(=O)CC1CCCC1.O=C1COCC(=O)O1.[2H]C#C.[B][B]B([B])B(B(B([B])[B])B([B])[B])C(=O)NCNC(=O)COCC(=O)CC1CCCC1. The van der Waals surface area contributed by atoms with Gasteiger partial charge in [-0.15, -0.1) is 12.8 Å². The smallest absolute Gasteiger partial charge is 0.339 e. The van der Waals surface area contributed by atoms with Gasteiger partial charge in [0.1, 0.15) is 41.0 Å². The Morgan fingerprint density at radius 3 is 1.55 bits per heavy atom. The van der Waals surface area contributed by atoms with Crippen LogP contribution >= 0.6 is 0 Å². The van der Waals surface area contributed by atoms with Crippen LogP contribution in [0.3, 0.4) is 0 Å². The molecular weight excluding hydrogens is 838 g/mol. The third-order valence-electron chi connectivity index (χ3n) is 10.4. The highest BCUT2D eigenvalue weighted by atomic mass is 16.6. The number of carbonyl (C=O) groups excluding carboxylic acids is 7. The molecule has 0 unspecified atom stereocenters. The topological polar surface area (TPSA) is 256 Å². The number of esters is 2. The lowest BCUT2D eigenvalue weighted by atomic mass is 8.54. The van der Waals surface area contributed by atoms with E-state index in [1.165, 1.54) is 51.8 Å². The summed E-state index contributed by atoms with van der Waals surface area (Å²) in [5.74, 6) is -1.39. The van der Waals surface area contributed by atoms with Crippen LogP contribution in [0.2, 0.25) is 0 Å². The first-order valence-electron chi connectivity index (χ1n) is 22.6. The Kier molecular flexibility index (Phi) is 38.5. The normalized spacial score (nSPS) is 15.3. The van der Waals surface area contributed by atoms with E-state index in [4.69, 9.17) is 68.1 Å². The van der Waals surface area contributed by atoms with Gasteiger partial charge in [-0.1, -0.05) is 84.0 Å². The first-order valence-corrected chi connectivity index (χ1v) is 22.1. The molecule has 0 aromatic rings. The number of carbonyl (C=O) groups is 8. The zero-order valence-electron chi connectivity index (χ0n) is 39.7. The number of nitrogens with one attached hydrogen (secondary N) is 3. The molecule has 0 aromatic carbocycles. The molecule has 3 saturated carbocycles. The van der Waals surface area contributed by atoms with Crippen molar-refractivity contribution in [3.63, 3.8) is 0 Å². The molecule has 343 valence electrons. The van der Waals surface area contributed by atoms with Crippen molar-refractivity contribution in [2.45, 2.75) is 104 Å². The molecule has 1 aliphatic heterocycles. The molecule has 3 amide bonds. The lowest BCUT2D eigenvalue weighted by molar-refractivity contribution is -0.174. The number of ketones is 2. The summed E-state index contributed by atoms with van der Waals surface area (Å²) >= 11 is 0. The minimum atomic E-state index is -1.03. The highest BCUT2D eigenvalue weighted by Gasteiger charge is 2.40. The summed E-state index contributed by atoms with van der Waals surface area (Å²) < 4.78 is 24.2. The van der Waals surface area contributed by atoms with E-state index in [9.17, 15) is 38.4 Å². The van der Waals surface area contributed by atoms with Gasteiger partial charge in [0.2, 0.25) is 11.8 Å². The third kappa shape index (κ3) is 34.8. The molecule has 17 nitrogen and oxygen atoms in total. The Hall–Kier alpha value is -3.46. The van der Waals surface area contributed by atoms with Gasteiger partial charge in [0.05, 0.1) is 13.3 Å². The van der Waals surface area contributed by atoms with Crippen molar-refractivity contribution < 1.29 is 63.8 Å². The molecule has 4 fully saturated rings. The number of carboxylic acids is 1. The van der Waals surface area contributed by atoms with E-state index in [0.717, 1.165) is 51.5 Å². The van der Waals surface area contributed by atoms with Gasteiger partial charge in [-0.3, -0.25) is 24.0 Å². The molecule has 1 saturated heterocycles. The second kappa shape index (κ2) is 40.6. The van der Waals surface area contributed by atoms with Gasteiger partial charge in [-0.2, -0.15) is 0 Å². The van der Waals surface area contributed by atoms with Crippen molar-refractivity contribution in [3.8, 4) is 12.8 Å². The number of ether oxygens (including phenoxy) is 4. The van der Waals surface area contributed by atoms with Gasteiger partial charge in [0, 0.05) is 98.8 Å². The van der Waals surface area contributed by atoms with E-state index in [1.807, 2.05) is 0 Å². The predicted molar refractivity (Wildman–Crippen MR) is 265 cm³/mol. The van der Waals surface area contributed by atoms with Crippen LogP contribution in [0.4, 0.5) is 4.79 Å². The molecule has 66 heavy (non-hydrogen) atoms. The van der Waals surface area contributed by atoms with Crippen molar-refractivity contribution >= 4 is 133 Å². The second-order valence-electron chi connectivity index (χ2n) is 16.2. The molecule has 0 aromatic heterocycles. The minimum absolute atomic E-state index is 0.0137. The third-order valence-corrected chi connectivity index (χ3v) is 10.4. The average molecular weight is 901 g/mol. The highest BCUT2D eigenvalue weighted by Crippen LogP contribution is 2.28. The lowest BCUT2D eigenvalue weighted by Gasteiger charge is -2.31. The summed E-state index contributed by atoms with van der Waals surface area (Å²) in [5.41, 5.74) is 4.90. The van der Waals surface area contributed by atoms with Crippen molar-refractivity contribution in [1.29, 1.82) is 0 Å². The number of nitrogens with two attached hydrogens (primary N) is 1. The largest absolute Gasteiger partial charge is 0.480 e. The number of carboxylic acid groups (broad SMARTS) is 1. The Morgan fingerprint density at radius 2 is 1.23 bits per heavy atom. The maximum absolute atomic E-state index is 12.5. The van der Waals surface area contributed by atoms with Gasteiger partial charge in [-0.05, 0) is 17.8 Å². The van der Waals surface area contributed by atoms with Crippen LogP contribution < -0.4 is 21.7 Å². The van der Waals surface area contributed by atoms with Crippen LogP contribution in [0.25, 0.3) is 0 Å². The zero-order chi connectivity index (χ0) is 51.2. The molecular formula is C37H61B12N4O13. The summed E-state index contributed by atoms with van der Waals surface area (Å²) in [4.78, 5) is 87.6. The van der Waals surface area contributed by atoms with Crippen LogP contribution in [0.5, 0.6) is 0 Å². The summed E-state index contributed by atoms with van der Waals surface area (Å²) in [7, 11) is 35.2. The molecule has 4 rings (SSSR count). The van der Waals surface area contributed by atoms with E-state index >= 15 is 0 Å². The fraction of sp³-hybridized carbons (Fsp3) is 0.730.